The number of anilines is 1. The van der Waals surface area contributed by atoms with E-state index in [9.17, 15) is 14.4 Å². The van der Waals surface area contributed by atoms with Gasteiger partial charge in [0.1, 0.15) is 25.5 Å². The van der Waals surface area contributed by atoms with Crippen LogP contribution in [0.3, 0.4) is 0 Å². The summed E-state index contributed by atoms with van der Waals surface area (Å²) >= 11 is 0. The van der Waals surface area contributed by atoms with Crippen molar-refractivity contribution in [3.05, 3.63) is 59.7 Å². The lowest BCUT2D eigenvalue weighted by atomic mass is 10.1. The molecule has 162 valence electrons. The maximum absolute atomic E-state index is 13.1. The summed E-state index contributed by atoms with van der Waals surface area (Å²) in [4.78, 5) is 43.3. The van der Waals surface area contributed by atoms with Gasteiger partial charge in [0.05, 0.1) is 7.11 Å². The Labute approximate surface area is 182 Å². The molecule has 1 saturated heterocycles. The minimum atomic E-state index is -0.213. The first-order chi connectivity index (χ1) is 15.0. The van der Waals surface area contributed by atoms with Crippen LogP contribution < -0.4 is 9.64 Å². The molecule has 0 atom stereocenters. The molecule has 4 rings (SSSR count). The van der Waals surface area contributed by atoms with Crippen LogP contribution in [0.2, 0.25) is 0 Å². The topological polar surface area (TPSA) is 70.2 Å². The summed E-state index contributed by atoms with van der Waals surface area (Å²) in [6, 6.07) is 14.8. The Morgan fingerprint density at radius 3 is 2.32 bits per heavy atom. The number of ether oxygens (including phenoxy) is 1. The van der Waals surface area contributed by atoms with Crippen molar-refractivity contribution >= 4 is 23.4 Å². The largest absolute Gasteiger partial charge is 0.497 e. The number of aryl methyl sites for hydroxylation is 1. The quantitative estimate of drug-likeness (QED) is 0.689. The summed E-state index contributed by atoms with van der Waals surface area (Å²) in [5.41, 5.74) is 2.47. The summed E-state index contributed by atoms with van der Waals surface area (Å²) in [5.74, 6) is 0.220. The number of carbonyl (C=O) groups is 3. The molecule has 0 bridgehead atoms. The van der Waals surface area contributed by atoms with E-state index in [2.05, 4.69) is 6.92 Å². The zero-order chi connectivity index (χ0) is 22.0. The fourth-order valence-corrected chi connectivity index (χ4v) is 3.75. The molecule has 1 heterocycles. The molecular weight excluding hydrogens is 394 g/mol. The summed E-state index contributed by atoms with van der Waals surface area (Å²) in [7, 11) is 1.58. The number of carbonyl (C=O) groups excluding carboxylic acids is 3. The number of methoxy groups -OCH3 is 1. The van der Waals surface area contributed by atoms with Crippen LogP contribution >= 0.6 is 0 Å². The van der Waals surface area contributed by atoms with Gasteiger partial charge in [-0.1, -0.05) is 19.1 Å². The Morgan fingerprint density at radius 2 is 1.74 bits per heavy atom. The SMILES string of the molecule is CCc1ccc(C(=O)N(CC(=O)N2CC(=O)N(c3ccc(OC)cc3)C2)C2CC2)cc1. The lowest BCUT2D eigenvalue weighted by Gasteiger charge is -2.25. The molecule has 2 fully saturated rings. The molecule has 1 aliphatic carbocycles. The highest BCUT2D eigenvalue weighted by Crippen LogP contribution is 2.29. The van der Waals surface area contributed by atoms with Gasteiger partial charge in [-0.3, -0.25) is 19.3 Å². The van der Waals surface area contributed by atoms with E-state index in [1.165, 1.54) is 10.5 Å². The maximum atomic E-state index is 13.1. The molecule has 7 heteroatoms. The fourth-order valence-electron chi connectivity index (χ4n) is 3.75. The molecule has 2 aromatic rings. The average molecular weight is 421 g/mol. The van der Waals surface area contributed by atoms with E-state index in [-0.39, 0.29) is 43.5 Å². The van der Waals surface area contributed by atoms with Crippen LogP contribution in [0.1, 0.15) is 35.7 Å². The lowest BCUT2D eigenvalue weighted by Crippen LogP contribution is -2.43. The Bertz CT molecular complexity index is 967. The number of nitrogens with zero attached hydrogens (tertiary/aromatic N) is 3. The second-order valence-electron chi connectivity index (χ2n) is 7.97. The number of rotatable bonds is 7. The molecular formula is C24H27N3O4. The van der Waals surface area contributed by atoms with E-state index in [4.69, 9.17) is 4.74 Å². The molecule has 0 spiro atoms. The van der Waals surface area contributed by atoms with Crippen molar-refractivity contribution in [3.8, 4) is 5.75 Å². The van der Waals surface area contributed by atoms with Gasteiger partial charge in [0.2, 0.25) is 11.8 Å². The van der Waals surface area contributed by atoms with E-state index in [0.29, 0.717) is 17.0 Å². The monoisotopic (exact) mass is 421 g/mol. The first kappa shape index (κ1) is 20.9. The smallest absolute Gasteiger partial charge is 0.254 e. The van der Waals surface area contributed by atoms with Crippen molar-refractivity contribution in [2.75, 3.05) is 31.8 Å². The van der Waals surface area contributed by atoms with Crippen LogP contribution in [-0.2, 0) is 16.0 Å². The van der Waals surface area contributed by atoms with Crippen molar-refractivity contribution < 1.29 is 19.1 Å². The Morgan fingerprint density at radius 1 is 1.06 bits per heavy atom. The van der Waals surface area contributed by atoms with Gasteiger partial charge in [-0.2, -0.15) is 0 Å². The first-order valence-electron chi connectivity index (χ1n) is 10.6. The van der Waals surface area contributed by atoms with Crippen LogP contribution in [0, 0.1) is 0 Å². The van der Waals surface area contributed by atoms with Crippen molar-refractivity contribution in [3.63, 3.8) is 0 Å². The van der Waals surface area contributed by atoms with E-state index in [1.54, 1.807) is 41.2 Å². The molecule has 2 aromatic carbocycles. The van der Waals surface area contributed by atoms with Crippen molar-refractivity contribution in [1.29, 1.82) is 0 Å². The van der Waals surface area contributed by atoms with Crippen LogP contribution in [-0.4, -0.2) is 60.4 Å². The molecule has 0 aromatic heterocycles. The maximum Gasteiger partial charge on any atom is 0.254 e. The Hall–Kier alpha value is -3.35. The fraction of sp³-hybridized carbons (Fsp3) is 0.375. The summed E-state index contributed by atoms with van der Waals surface area (Å²) in [6.07, 6.45) is 2.72. The third-order valence-corrected chi connectivity index (χ3v) is 5.84. The summed E-state index contributed by atoms with van der Waals surface area (Å²) in [6.45, 7) is 2.26. The number of amides is 3. The van der Waals surface area contributed by atoms with Gasteiger partial charge in [0.25, 0.3) is 5.91 Å². The highest BCUT2D eigenvalue weighted by Gasteiger charge is 2.38. The predicted octanol–water partition coefficient (Wildman–Crippen LogP) is 2.70. The second kappa shape index (κ2) is 8.79. The average Bonchev–Trinajstić information content (AvgIpc) is 3.57. The van der Waals surface area contributed by atoms with E-state index < -0.39 is 0 Å². The van der Waals surface area contributed by atoms with E-state index in [1.807, 2.05) is 24.3 Å². The minimum Gasteiger partial charge on any atom is -0.497 e. The second-order valence-corrected chi connectivity index (χ2v) is 7.97. The first-order valence-corrected chi connectivity index (χ1v) is 10.6. The highest BCUT2D eigenvalue weighted by molar-refractivity contribution is 6.01. The van der Waals surface area contributed by atoms with Crippen LogP contribution in [0.5, 0.6) is 5.75 Å². The van der Waals surface area contributed by atoms with Crippen molar-refractivity contribution in [2.24, 2.45) is 0 Å². The molecule has 7 nitrogen and oxygen atoms in total. The van der Waals surface area contributed by atoms with Gasteiger partial charge >= 0.3 is 0 Å². The predicted molar refractivity (Wildman–Crippen MR) is 117 cm³/mol. The standard InChI is InChI=1S/C24H27N3O4/c1-3-17-4-6-18(7-5-17)24(30)26(19-8-9-19)15-22(28)25-14-23(29)27(16-25)20-10-12-21(31-2)13-11-20/h4-7,10-13,19H,3,8-9,14-16H2,1-2H3. The Kier molecular flexibility index (Phi) is 5.93. The van der Waals surface area contributed by atoms with Crippen molar-refractivity contribution in [2.45, 2.75) is 32.2 Å². The summed E-state index contributed by atoms with van der Waals surface area (Å²) < 4.78 is 5.16. The number of hydrogen-bond acceptors (Lipinski definition) is 4. The zero-order valence-electron chi connectivity index (χ0n) is 17.9. The number of benzene rings is 2. The number of hydrogen-bond donors (Lipinski definition) is 0. The van der Waals surface area contributed by atoms with E-state index >= 15 is 0 Å². The molecule has 3 amide bonds. The minimum absolute atomic E-state index is 0.0111. The zero-order valence-corrected chi connectivity index (χ0v) is 17.9. The molecule has 31 heavy (non-hydrogen) atoms. The van der Waals surface area contributed by atoms with Crippen molar-refractivity contribution in [1.82, 2.24) is 9.80 Å². The van der Waals surface area contributed by atoms with Gasteiger partial charge in [-0.05, 0) is 61.2 Å². The van der Waals surface area contributed by atoms with Gasteiger partial charge in [0, 0.05) is 17.3 Å². The molecule has 0 radical (unpaired) electrons. The lowest BCUT2D eigenvalue weighted by molar-refractivity contribution is -0.132. The van der Waals surface area contributed by atoms with Crippen LogP contribution in [0.25, 0.3) is 0 Å². The molecule has 1 aliphatic heterocycles. The van der Waals surface area contributed by atoms with Crippen LogP contribution in [0.4, 0.5) is 5.69 Å². The van der Waals surface area contributed by atoms with Crippen LogP contribution in [0.15, 0.2) is 48.5 Å². The van der Waals surface area contributed by atoms with Gasteiger partial charge in [-0.25, -0.2) is 0 Å². The normalized spacial score (nSPS) is 15.9. The van der Waals surface area contributed by atoms with Gasteiger partial charge < -0.3 is 14.5 Å². The summed E-state index contributed by atoms with van der Waals surface area (Å²) in [5, 5.41) is 0. The van der Waals surface area contributed by atoms with Gasteiger partial charge in [-0.15, -0.1) is 0 Å². The molecule has 2 aliphatic rings. The Balaban J connectivity index is 1.43. The third kappa shape index (κ3) is 4.55. The molecule has 1 saturated carbocycles. The third-order valence-electron chi connectivity index (χ3n) is 5.84. The molecule has 0 unspecified atom stereocenters. The van der Waals surface area contributed by atoms with E-state index in [0.717, 1.165) is 19.3 Å². The molecule has 0 N–H and O–H groups in total. The van der Waals surface area contributed by atoms with Gasteiger partial charge in [0.15, 0.2) is 0 Å². The highest BCUT2D eigenvalue weighted by atomic mass is 16.5.